The van der Waals surface area contributed by atoms with Crippen molar-refractivity contribution in [3.8, 4) is 0 Å². The molecule has 2 N–H and O–H groups in total. The van der Waals surface area contributed by atoms with Crippen LogP contribution in [0.3, 0.4) is 0 Å². The van der Waals surface area contributed by atoms with Crippen molar-refractivity contribution >= 4 is 48.6 Å². The van der Waals surface area contributed by atoms with Gasteiger partial charge < -0.3 is 32.8 Å². The normalized spacial score (nSPS) is 9.67. The van der Waals surface area contributed by atoms with Gasteiger partial charge in [-0.25, -0.2) is 0 Å². The summed E-state index contributed by atoms with van der Waals surface area (Å²) in [5.41, 5.74) is 0. The van der Waals surface area contributed by atoms with E-state index in [0.29, 0.717) is 0 Å². The van der Waals surface area contributed by atoms with Crippen LogP contribution in [-0.4, -0.2) is 75.4 Å². The fraction of sp³-hybridized carbons (Fsp3) is 0. The van der Waals surface area contributed by atoms with Crippen LogP contribution in [0.1, 0.15) is 0 Å². The molecule has 0 atom stereocenters. The maximum Gasteiger partial charge on any atom is 3.00 e. The summed E-state index contributed by atoms with van der Waals surface area (Å²) in [5, 5.41) is 0. The molecule has 0 aliphatic rings. The predicted octanol–water partition coefficient (Wildman–Crippen LogP) is -5.22. The summed E-state index contributed by atoms with van der Waals surface area (Å²) in [7, 11) is -15.5. The van der Waals surface area contributed by atoms with Crippen LogP contribution >= 0.6 is 0 Å². The molecule has 0 heterocycles. The molecule has 0 amide bonds. The molecule has 18 heteroatoms. The molecule has 0 fully saturated rings. The Hall–Kier alpha value is 0.622. The maximum atomic E-state index is 8.52. The third-order valence-electron chi connectivity index (χ3n) is 0. The van der Waals surface area contributed by atoms with Crippen molar-refractivity contribution in [2.45, 2.75) is 0 Å². The minimum atomic E-state index is -5.17. The second-order valence-corrected chi connectivity index (χ2v) is 3.67. The van der Waals surface area contributed by atoms with Gasteiger partial charge in [-0.3, -0.25) is 25.3 Å². The second-order valence-electron chi connectivity index (χ2n) is 1.22. The topological polar surface area (TPSA) is 272 Å². The molecule has 0 aliphatic heterocycles. The molecule has 0 spiro atoms. The molecule has 0 aromatic carbocycles. The van der Waals surface area contributed by atoms with E-state index in [0.717, 1.165) is 0 Å². The molecule has 0 unspecified atom stereocenters. The van der Waals surface area contributed by atoms with Crippen LogP contribution < -0.4 is 0 Å². The predicted molar refractivity (Wildman–Crippen MR) is 40.8 cm³/mol. The van der Waals surface area contributed by atoms with Crippen LogP contribution in [0.5, 0.6) is 0 Å². The average molecular weight is 389 g/mol. The molecule has 0 aromatic rings. The summed E-state index contributed by atoms with van der Waals surface area (Å²) < 4.78 is 102. The van der Waals surface area contributed by atoms with Crippen LogP contribution in [0.15, 0.2) is 0 Å². The Balaban J connectivity index is -0.0000000277. The van der Waals surface area contributed by atoms with E-state index in [1.807, 2.05) is 0 Å². The van der Waals surface area contributed by atoms with Crippen LogP contribution in [0.4, 0.5) is 0 Å². The first-order valence-electron chi connectivity index (χ1n) is 2.00. The number of rotatable bonds is 0. The van der Waals surface area contributed by atoms with E-state index in [4.69, 9.17) is 52.6 Å². The van der Waals surface area contributed by atoms with E-state index in [-0.39, 0.29) is 39.9 Å². The van der Waals surface area contributed by atoms with Crippen LogP contribution in [0, 0.1) is 0 Å². The standard InChI is InChI=1S/Al.Fe.3H2O4S.H2O/c;;3*1-5(2,3)4;/h;;3*(H2,1,2,3,4);1H2/q2*+3;;;;/p-6. The van der Waals surface area contributed by atoms with Crippen LogP contribution in [0.25, 0.3) is 0 Å². The molecule has 1 radical (unpaired) electrons. The summed E-state index contributed by atoms with van der Waals surface area (Å²) in [6, 6.07) is 0. The Morgan fingerprint density at radius 3 is 0.500 bits per heavy atom. The first-order valence-corrected chi connectivity index (χ1v) is 6.00. The largest absolute Gasteiger partial charge is 3.00 e. The van der Waals surface area contributed by atoms with Gasteiger partial charge in [0.1, 0.15) is 0 Å². The zero-order chi connectivity index (χ0) is 13.5. The monoisotopic (exact) mass is 389 g/mol. The molecule has 0 saturated carbocycles. The van der Waals surface area contributed by atoms with Crippen molar-refractivity contribution in [2.24, 2.45) is 0 Å². The van der Waals surface area contributed by atoms with Gasteiger partial charge in [-0.05, 0) is 0 Å². The smallest absolute Gasteiger partial charge is 0.759 e. The molecule has 0 aliphatic carbocycles. The van der Waals surface area contributed by atoms with Crippen molar-refractivity contribution in [1.82, 2.24) is 0 Å². The number of hydrogen-bond donors (Lipinski definition) is 0. The first kappa shape index (κ1) is 36.3. The molecular weight excluding hydrogens is 387 g/mol. The van der Waals surface area contributed by atoms with Gasteiger partial charge in [0.2, 0.25) is 0 Å². The molecule has 109 valence electrons. The zero-order valence-electron chi connectivity index (χ0n) is 7.55. The van der Waals surface area contributed by atoms with Gasteiger partial charge in [0.15, 0.2) is 0 Å². The van der Waals surface area contributed by atoms with Crippen molar-refractivity contribution < 1.29 is 75.1 Å². The molecule has 0 saturated heterocycles. The van der Waals surface area contributed by atoms with Gasteiger partial charge in [0.25, 0.3) is 0 Å². The van der Waals surface area contributed by atoms with Crippen molar-refractivity contribution in [1.29, 1.82) is 0 Å². The third kappa shape index (κ3) is 10500. The molecular formula is H2AlFeO13S3. The fourth-order valence-corrected chi connectivity index (χ4v) is 0. The Labute approximate surface area is 123 Å². The first-order chi connectivity index (χ1) is 6.00. The Kier molecular flexibility index (Phi) is 28.3. The van der Waals surface area contributed by atoms with E-state index >= 15 is 0 Å². The van der Waals surface area contributed by atoms with Gasteiger partial charge >= 0.3 is 34.4 Å². The van der Waals surface area contributed by atoms with Gasteiger partial charge in [-0.2, -0.15) is 0 Å². The number of hydrogen-bond acceptors (Lipinski definition) is 12. The van der Waals surface area contributed by atoms with Gasteiger partial charge in [-0.1, -0.05) is 0 Å². The average Bonchev–Trinajstić information content (AvgIpc) is 1.41. The maximum absolute atomic E-state index is 8.52. The zero-order valence-corrected chi connectivity index (χ0v) is 12.3. The van der Waals surface area contributed by atoms with E-state index in [1.54, 1.807) is 0 Å². The minimum Gasteiger partial charge on any atom is -0.759 e. The third-order valence-corrected chi connectivity index (χ3v) is 0. The van der Waals surface area contributed by atoms with Crippen LogP contribution in [-0.2, 0) is 48.3 Å². The quantitative estimate of drug-likeness (QED) is 0.213. The Morgan fingerprint density at radius 2 is 0.500 bits per heavy atom. The van der Waals surface area contributed by atoms with Gasteiger partial charge in [0.05, 0.1) is 0 Å². The van der Waals surface area contributed by atoms with E-state index < -0.39 is 31.2 Å². The SMILES string of the molecule is O.O=S(=O)([O-])[O-].O=S(=O)([O-])[O-].O=S(=O)([O-])[O-].[Al+3].[Fe+3]. The molecule has 18 heavy (non-hydrogen) atoms. The molecule has 0 aromatic heterocycles. The van der Waals surface area contributed by atoms with Crippen molar-refractivity contribution in [2.75, 3.05) is 0 Å². The van der Waals surface area contributed by atoms with E-state index in [1.165, 1.54) is 0 Å². The Bertz CT molecular complexity index is 343. The Morgan fingerprint density at radius 1 is 0.500 bits per heavy atom. The van der Waals surface area contributed by atoms with E-state index in [9.17, 15) is 0 Å². The van der Waals surface area contributed by atoms with Crippen molar-refractivity contribution in [3.05, 3.63) is 0 Å². The second kappa shape index (κ2) is 14.0. The fourth-order valence-electron chi connectivity index (χ4n) is 0. The van der Waals surface area contributed by atoms with E-state index in [2.05, 4.69) is 0 Å². The molecule has 0 rings (SSSR count). The minimum absolute atomic E-state index is 0. The van der Waals surface area contributed by atoms with Crippen molar-refractivity contribution in [3.63, 3.8) is 0 Å². The summed E-state index contributed by atoms with van der Waals surface area (Å²) in [6.45, 7) is 0. The molecule has 0 bridgehead atoms. The van der Waals surface area contributed by atoms with Gasteiger partial charge in [-0.15, -0.1) is 0 Å². The van der Waals surface area contributed by atoms with Gasteiger partial charge in [0, 0.05) is 31.2 Å². The summed E-state index contributed by atoms with van der Waals surface area (Å²) in [6.07, 6.45) is 0. The molecule has 13 nitrogen and oxygen atoms in total. The summed E-state index contributed by atoms with van der Waals surface area (Å²) in [4.78, 5) is 0. The summed E-state index contributed by atoms with van der Waals surface area (Å²) in [5.74, 6) is 0. The summed E-state index contributed by atoms with van der Waals surface area (Å²) >= 11 is 0. The van der Waals surface area contributed by atoms with Crippen LogP contribution in [0.2, 0.25) is 0 Å².